The highest BCUT2D eigenvalue weighted by molar-refractivity contribution is 7.80. The van der Waals surface area contributed by atoms with Gasteiger partial charge >= 0.3 is 0 Å². The second-order valence-corrected chi connectivity index (χ2v) is 6.21. The van der Waals surface area contributed by atoms with Crippen LogP contribution in [0.4, 0.5) is 0 Å². The Morgan fingerprint density at radius 3 is 2.72 bits per heavy atom. The van der Waals surface area contributed by atoms with Gasteiger partial charge < -0.3 is 14.8 Å². The van der Waals surface area contributed by atoms with Gasteiger partial charge in [0.05, 0.1) is 7.11 Å². The van der Waals surface area contributed by atoms with Gasteiger partial charge in [-0.25, -0.2) is 4.98 Å². The van der Waals surface area contributed by atoms with Crippen molar-refractivity contribution in [3.8, 4) is 33.8 Å². The number of fused-ring (bicyclic) bond motifs is 1. The third-order valence-corrected chi connectivity index (χ3v) is 4.58. The summed E-state index contributed by atoms with van der Waals surface area (Å²) in [6, 6.07) is 15.0. The standard InChI is InChI=1S/C20H16N2O2S/c1-24-17-6-3-7-18(25)19(17)16-11-22-20-15(16)9-13(10-21-20)12-4-2-5-14(23)8-12/h2-11,23,25H,1H3,(H,21,22). The van der Waals surface area contributed by atoms with Gasteiger partial charge in [0.1, 0.15) is 17.1 Å². The average molecular weight is 348 g/mol. The highest BCUT2D eigenvalue weighted by atomic mass is 32.1. The quantitative estimate of drug-likeness (QED) is 0.462. The lowest BCUT2D eigenvalue weighted by atomic mass is 10.0. The molecular formula is C20H16N2O2S. The van der Waals surface area contributed by atoms with E-state index in [4.69, 9.17) is 4.74 Å². The van der Waals surface area contributed by atoms with Gasteiger partial charge in [0.2, 0.25) is 0 Å². The Labute approximate surface area is 150 Å². The average Bonchev–Trinajstić information content (AvgIpc) is 3.04. The molecule has 0 radical (unpaired) electrons. The minimum atomic E-state index is 0.231. The first-order valence-electron chi connectivity index (χ1n) is 7.80. The number of aromatic nitrogens is 2. The van der Waals surface area contributed by atoms with Crippen LogP contribution >= 0.6 is 12.6 Å². The van der Waals surface area contributed by atoms with Gasteiger partial charge in [-0.15, -0.1) is 12.6 Å². The molecule has 5 heteroatoms. The smallest absolute Gasteiger partial charge is 0.137 e. The summed E-state index contributed by atoms with van der Waals surface area (Å²) in [6.07, 6.45) is 3.71. The molecule has 0 saturated carbocycles. The summed E-state index contributed by atoms with van der Waals surface area (Å²) >= 11 is 4.60. The van der Waals surface area contributed by atoms with E-state index in [-0.39, 0.29) is 5.75 Å². The number of methoxy groups -OCH3 is 1. The second-order valence-electron chi connectivity index (χ2n) is 5.73. The van der Waals surface area contributed by atoms with Gasteiger partial charge in [-0.2, -0.15) is 0 Å². The number of thiol groups is 1. The number of aromatic amines is 1. The third-order valence-electron chi connectivity index (χ3n) is 4.20. The van der Waals surface area contributed by atoms with Crippen LogP contribution in [-0.2, 0) is 0 Å². The first-order valence-corrected chi connectivity index (χ1v) is 8.25. The van der Waals surface area contributed by atoms with Crippen LogP contribution in [0.3, 0.4) is 0 Å². The van der Waals surface area contributed by atoms with Gasteiger partial charge in [0.15, 0.2) is 0 Å². The fourth-order valence-electron chi connectivity index (χ4n) is 3.01. The van der Waals surface area contributed by atoms with Crippen molar-refractivity contribution in [2.24, 2.45) is 0 Å². The van der Waals surface area contributed by atoms with Crippen molar-refractivity contribution in [1.29, 1.82) is 0 Å². The lowest BCUT2D eigenvalue weighted by molar-refractivity contribution is 0.415. The summed E-state index contributed by atoms with van der Waals surface area (Å²) in [5.41, 5.74) is 4.53. The van der Waals surface area contributed by atoms with Crippen molar-refractivity contribution in [3.63, 3.8) is 0 Å². The van der Waals surface area contributed by atoms with Crippen LogP contribution in [0.2, 0.25) is 0 Å². The molecule has 4 aromatic rings. The van der Waals surface area contributed by atoms with Gasteiger partial charge in [-0.1, -0.05) is 18.2 Å². The molecule has 0 saturated heterocycles. The van der Waals surface area contributed by atoms with E-state index >= 15 is 0 Å². The van der Waals surface area contributed by atoms with E-state index in [1.54, 1.807) is 25.4 Å². The molecule has 4 rings (SSSR count). The normalized spacial score (nSPS) is 11.0. The molecule has 2 aromatic heterocycles. The number of phenols is 1. The molecular weight excluding hydrogens is 332 g/mol. The Balaban J connectivity index is 1.94. The number of hydrogen-bond acceptors (Lipinski definition) is 4. The van der Waals surface area contributed by atoms with Crippen LogP contribution in [0.15, 0.2) is 65.8 Å². The number of phenolic OH excluding ortho intramolecular Hbond substituents is 1. The summed E-state index contributed by atoms with van der Waals surface area (Å²) in [5, 5.41) is 10.7. The van der Waals surface area contributed by atoms with Crippen molar-refractivity contribution >= 4 is 23.7 Å². The molecule has 25 heavy (non-hydrogen) atoms. The van der Waals surface area contributed by atoms with Gasteiger partial charge in [-0.05, 0) is 35.9 Å². The van der Waals surface area contributed by atoms with E-state index in [0.29, 0.717) is 0 Å². The zero-order chi connectivity index (χ0) is 17.4. The minimum Gasteiger partial charge on any atom is -0.508 e. The first-order chi connectivity index (χ1) is 12.2. The Hall–Kier alpha value is -2.92. The predicted molar refractivity (Wildman–Crippen MR) is 102 cm³/mol. The number of pyridine rings is 1. The number of hydrogen-bond donors (Lipinski definition) is 3. The Bertz CT molecular complexity index is 1070. The maximum atomic E-state index is 9.73. The summed E-state index contributed by atoms with van der Waals surface area (Å²) in [4.78, 5) is 8.56. The number of ether oxygens (including phenoxy) is 1. The molecule has 2 N–H and O–H groups in total. The summed E-state index contributed by atoms with van der Waals surface area (Å²) in [6.45, 7) is 0. The van der Waals surface area contributed by atoms with Crippen molar-refractivity contribution in [2.75, 3.05) is 7.11 Å². The molecule has 2 aromatic carbocycles. The minimum absolute atomic E-state index is 0.231. The van der Waals surface area contributed by atoms with Crippen molar-refractivity contribution < 1.29 is 9.84 Å². The summed E-state index contributed by atoms with van der Waals surface area (Å²) in [7, 11) is 1.65. The zero-order valence-electron chi connectivity index (χ0n) is 13.5. The van der Waals surface area contributed by atoms with Crippen LogP contribution in [0.25, 0.3) is 33.3 Å². The fraction of sp³-hybridized carbons (Fsp3) is 0.0500. The molecule has 4 nitrogen and oxygen atoms in total. The van der Waals surface area contributed by atoms with Gasteiger partial charge in [-0.3, -0.25) is 0 Å². The van der Waals surface area contributed by atoms with Crippen LogP contribution < -0.4 is 4.74 Å². The van der Waals surface area contributed by atoms with Crippen LogP contribution in [0, 0.1) is 0 Å². The van der Waals surface area contributed by atoms with Gasteiger partial charge in [0.25, 0.3) is 0 Å². The monoisotopic (exact) mass is 348 g/mol. The molecule has 0 amide bonds. The fourth-order valence-corrected chi connectivity index (χ4v) is 3.33. The molecule has 0 atom stereocenters. The molecule has 0 unspecified atom stereocenters. The maximum absolute atomic E-state index is 9.73. The van der Waals surface area contributed by atoms with Crippen molar-refractivity contribution in [3.05, 3.63) is 60.9 Å². The molecule has 2 heterocycles. The molecule has 0 bridgehead atoms. The van der Waals surface area contributed by atoms with Crippen LogP contribution in [0.5, 0.6) is 11.5 Å². The van der Waals surface area contributed by atoms with Crippen LogP contribution in [-0.4, -0.2) is 22.2 Å². The number of benzene rings is 2. The molecule has 0 aliphatic heterocycles. The van der Waals surface area contributed by atoms with Crippen molar-refractivity contribution in [2.45, 2.75) is 4.90 Å². The highest BCUT2D eigenvalue weighted by Gasteiger charge is 2.15. The van der Waals surface area contributed by atoms with Gasteiger partial charge in [0, 0.05) is 39.4 Å². The molecule has 0 spiro atoms. The lowest BCUT2D eigenvalue weighted by Crippen LogP contribution is -1.89. The number of H-pyrrole nitrogens is 1. The number of aromatic hydroxyl groups is 1. The lowest BCUT2D eigenvalue weighted by Gasteiger charge is -2.10. The number of nitrogens with zero attached hydrogens (tertiary/aromatic N) is 1. The van der Waals surface area contributed by atoms with E-state index in [1.165, 1.54) is 0 Å². The van der Waals surface area contributed by atoms with E-state index in [0.717, 1.165) is 43.9 Å². The molecule has 0 fully saturated rings. The summed E-state index contributed by atoms with van der Waals surface area (Å²) in [5.74, 6) is 0.991. The second kappa shape index (κ2) is 6.18. The van der Waals surface area contributed by atoms with Crippen molar-refractivity contribution in [1.82, 2.24) is 9.97 Å². The number of nitrogens with one attached hydrogen (secondary N) is 1. The molecule has 0 aliphatic carbocycles. The largest absolute Gasteiger partial charge is 0.508 e. The SMILES string of the molecule is COc1cccc(S)c1-c1c[nH]c2ncc(-c3cccc(O)c3)cc12. The maximum Gasteiger partial charge on any atom is 0.137 e. The topological polar surface area (TPSA) is 58.1 Å². The summed E-state index contributed by atoms with van der Waals surface area (Å²) < 4.78 is 5.51. The zero-order valence-corrected chi connectivity index (χ0v) is 14.4. The molecule has 124 valence electrons. The van der Waals surface area contributed by atoms with E-state index in [9.17, 15) is 5.11 Å². The van der Waals surface area contributed by atoms with E-state index < -0.39 is 0 Å². The van der Waals surface area contributed by atoms with E-state index in [1.807, 2.05) is 36.5 Å². The first kappa shape index (κ1) is 15.6. The molecule has 0 aliphatic rings. The number of rotatable bonds is 3. The predicted octanol–water partition coefficient (Wildman–Crippen LogP) is 4.90. The third kappa shape index (κ3) is 2.72. The highest BCUT2D eigenvalue weighted by Crippen LogP contribution is 2.39. The Kier molecular flexibility index (Phi) is 3.86. The van der Waals surface area contributed by atoms with E-state index in [2.05, 4.69) is 28.7 Å². The Morgan fingerprint density at radius 1 is 1.08 bits per heavy atom. The van der Waals surface area contributed by atoms with Crippen LogP contribution in [0.1, 0.15) is 0 Å². The Morgan fingerprint density at radius 2 is 1.92 bits per heavy atom.